The van der Waals surface area contributed by atoms with Crippen LogP contribution in [0.5, 0.6) is 0 Å². The molecule has 0 fully saturated rings. The lowest BCUT2D eigenvalue weighted by molar-refractivity contribution is -0.121. The van der Waals surface area contributed by atoms with Crippen molar-refractivity contribution in [3.05, 3.63) is 77.4 Å². The summed E-state index contributed by atoms with van der Waals surface area (Å²) in [6, 6.07) is 15.0. The first-order chi connectivity index (χ1) is 16.8. The lowest BCUT2D eigenvalue weighted by Crippen LogP contribution is -2.31. The Balaban J connectivity index is 1.73. The van der Waals surface area contributed by atoms with E-state index in [-0.39, 0.29) is 11.2 Å². The fraction of sp³-hybridized carbons (Fsp3) is 0.393. The van der Waals surface area contributed by atoms with Crippen LogP contribution in [-0.4, -0.2) is 31.8 Å². The van der Waals surface area contributed by atoms with E-state index in [0.29, 0.717) is 30.1 Å². The molecule has 1 atom stereocenters. The van der Waals surface area contributed by atoms with Crippen LogP contribution in [0.4, 0.5) is 0 Å². The Bertz CT molecular complexity index is 1140. The molecule has 6 nitrogen and oxygen atoms in total. The number of benzene rings is 2. The summed E-state index contributed by atoms with van der Waals surface area (Å²) in [4.78, 5) is 28.7. The summed E-state index contributed by atoms with van der Waals surface area (Å²) in [5.41, 5.74) is 3.80. The number of aryl methyl sites for hydroxylation is 1. The van der Waals surface area contributed by atoms with Gasteiger partial charge in [-0.15, -0.1) is 0 Å². The lowest BCUT2D eigenvalue weighted by atomic mass is 9.99. The third-order valence-corrected chi connectivity index (χ3v) is 6.32. The van der Waals surface area contributed by atoms with Crippen LogP contribution in [0.1, 0.15) is 67.5 Å². The summed E-state index contributed by atoms with van der Waals surface area (Å²) < 4.78 is 2.14. The standard InChI is InChI=1S/C28H35N3O3S/c1-4-5-10-26-30-22(16-29-27(32)25(35)15-19(2)3)18-31(26)17-20-11-13-21(14-12-20)23-8-6-7-9-24(23)28(33)34/h6-9,11-14,18-19,25,35H,4-5,10,15-17H2,1-3H3,(H,29,32)(H,33,34)/t25-/m1/s1. The number of unbranched alkanes of at least 4 members (excludes halogenated alkanes) is 1. The molecule has 186 valence electrons. The van der Waals surface area contributed by atoms with Gasteiger partial charge in [-0.1, -0.05) is 69.7 Å². The minimum Gasteiger partial charge on any atom is -0.478 e. The highest BCUT2D eigenvalue weighted by Crippen LogP contribution is 2.24. The number of thiol groups is 1. The van der Waals surface area contributed by atoms with Crippen LogP contribution >= 0.6 is 12.6 Å². The van der Waals surface area contributed by atoms with Crippen molar-refractivity contribution >= 4 is 24.5 Å². The SMILES string of the molecule is CCCCc1nc(CNC(=O)[C@H](S)CC(C)C)cn1Cc1ccc(-c2ccccc2C(=O)O)cc1. The number of aromatic carboxylic acids is 1. The van der Waals surface area contributed by atoms with Crippen LogP contribution in [0.15, 0.2) is 54.7 Å². The molecule has 35 heavy (non-hydrogen) atoms. The summed E-state index contributed by atoms with van der Waals surface area (Å²) in [7, 11) is 0. The molecule has 0 spiro atoms. The first-order valence-corrected chi connectivity index (χ1v) is 12.7. The van der Waals surface area contributed by atoms with Crippen LogP contribution in [0.3, 0.4) is 0 Å². The minimum absolute atomic E-state index is 0.0658. The molecule has 0 radical (unpaired) electrons. The quantitative estimate of drug-likeness (QED) is 0.287. The molecule has 1 amide bonds. The molecule has 7 heteroatoms. The zero-order chi connectivity index (χ0) is 25.4. The van der Waals surface area contributed by atoms with Gasteiger partial charge in [-0.05, 0) is 41.5 Å². The monoisotopic (exact) mass is 493 g/mol. The zero-order valence-corrected chi connectivity index (χ0v) is 21.6. The zero-order valence-electron chi connectivity index (χ0n) is 20.7. The van der Waals surface area contributed by atoms with Crippen LogP contribution < -0.4 is 5.32 Å². The van der Waals surface area contributed by atoms with Gasteiger partial charge in [-0.2, -0.15) is 12.6 Å². The Morgan fingerprint density at radius 2 is 1.83 bits per heavy atom. The summed E-state index contributed by atoms with van der Waals surface area (Å²) in [6.45, 7) is 7.35. The topological polar surface area (TPSA) is 84.2 Å². The number of carbonyl (C=O) groups excluding carboxylic acids is 1. The number of imidazole rings is 1. The maximum Gasteiger partial charge on any atom is 0.336 e. The second-order valence-electron chi connectivity index (χ2n) is 9.29. The highest BCUT2D eigenvalue weighted by atomic mass is 32.1. The molecule has 0 saturated carbocycles. The lowest BCUT2D eigenvalue weighted by Gasteiger charge is -2.12. The van der Waals surface area contributed by atoms with Gasteiger partial charge in [0.05, 0.1) is 23.1 Å². The summed E-state index contributed by atoms with van der Waals surface area (Å²) in [5.74, 6) is 0.411. The maximum atomic E-state index is 12.4. The van der Waals surface area contributed by atoms with Crippen molar-refractivity contribution in [2.24, 2.45) is 5.92 Å². The largest absolute Gasteiger partial charge is 0.478 e. The smallest absolute Gasteiger partial charge is 0.336 e. The van der Waals surface area contributed by atoms with E-state index in [1.165, 1.54) is 0 Å². The number of hydrogen-bond donors (Lipinski definition) is 3. The Morgan fingerprint density at radius 1 is 1.11 bits per heavy atom. The van der Waals surface area contributed by atoms with Gasteiger partial charge in [0.25, 0.3) is 0 Å². The number of hydrogen-bond acceptors (Lipinski definition) is 4. The predicted octanol–water partition coefficient (Wildman–Crippen LogP) is 5.60. The van der Waals surface area contributed by atoms with Crippen LogP contribution in [-0.2, 0) is 24.3 Å². The van der Waals surface area contributed by atoms with E-state index in [1.807, 2.05) is 42.6 Å². The molecule has 0 aliphatic carbocycles. The van der Waals surface area contributed by atoms with E-state index in [9.17, 15) is 14.7 Å². The molecule has 3 aromatic rings. The Hall–Kier alpha value is -3.06. The molecular formula is C28H35N3O3S. The second-order valence-corrected chi connectivity index (χ2v) is 9.91. The van der Waals surface area contributed by atoms with E-state index >= 15 is 0 Å². The minimum atomic E-state index is -0.934. The average Bonchev–Trinajstić information content (AvgIpc) is 3.22. The second kappa shape index (κ2) is 12.6. The molecule has 2 aromatic carbocycles. The molecule has 0 aliphatic heterocycles. The van der Waals surface area contributed by atoms with E-state index in [2.05, 4.69) is 43.3 Å². The number of aromatic nitrogens is 2. The maximum absolute atomic E-state index is 12.4. The van der Waals surface area contributed by atoms with Gasteiger partial charge in [0, 0.05) is 19.2 Å². The number of nitrogens with one attached hydrogen (secondary N) is 1. The number of rotatable bonds is 12. The molecule has 0 aliphatic rings. The molecule has 0 bridgehead atoms. The predicted molar refractivity (Wildman–Crippen MR) is 143 cm³/mol. The van der Waals surface area contributed by atoms with E-state index in [0.717, 1.165) is 48.3 Å². The highest BCUT2D eigenvalue weighted by Gasteiger charge is 2.16. The molecule has 2 N–H and O–H groups in total. The molecule has 3 rings (SSSR count). The Labute approximate surface area is 213 Å². The van der Waals surface area contributed by atoms with Crippen molar-refractivity contribution in [1.82, 2.24) is 14.9 Å². The van der Waals surface area contributed by atoms with Crippen molar-refractivity contribution in [1.29, 1.82) is 0 Å². The van der Waals surface area contributed by atoms with Crippen molar-refractivity contribution in [2.75, 3.05) is 0 Å². The molecule has 1 heterocycles. The van der Waals surface area contributed by atoms with Crippen molar-refractivity contribution in [3.8, 4) is 11.1 Å². The van der Waals surface area contributed by atoms with Gasteiger partial charge in [0.2, 0.25) is 5.91 Å². The summed E-state index contributed by atoms with van der Waals surface area (Å²) in [5, 5.41) is 12.1. The molecule has 0 unspecified atom stereocenters. The first-order valence-electron chi connectivity index (χ1n) is 12.2. The third kappa shape index (κ3) is 7.46. The van der Waals surface area contributed by atoms with Crippen LogP contribution in [0.2, 0.25) is 0 Å². The van der Waals surface area contributed by atoms with Crippen molar-refractivity contribution in [3.63, 3.8) is 0 Å². The summed E-state index contributed by atoms with van der Waals surface area (Å²) in [6.07, 6.45) is 5.73. The van der Waals surface area contributed by atoms with E-state index < -0.39 is 5.97 Å². The van der Waals surface area contributed by atoms with Crippen LogP contribution in [0.25, 0.3) is 11.1 Å². The average molecular weight is 494 g/mol. The van der Waals surface area contributed by atoms with Gasteiger partial charge in [0.15, 0.2) is 0 Å². The van der Waals surface area contributed by atoms with E-state index in [4.69, 9.17) is 4.98 Å². The molecular weight excluding hydrogens is 458 g/mol. The van der Waals surface area contributed by atoms with Crippen molar-refractivity contribution < 1.29 is 14.7 Å². The van der Waals surface area contributed by atoms with Crippen LogP contribution in [0, 0.1) is 5.92 Å². The fourth-order valence-corrected chi connectivity index (χ4v) is 4.54. The van der Waals surface area contributed by atoms with Gasteiger partial charge < -0.3 is 15.0 Å². The number of carboxylic acids is 1. The Morgan fingerprint density at radius 3 is 2.49 bits per heavy atom. The normalized spacial score (nSPS) is 12.0. The van der Waals surface area contributed by atoms with Gasteiger partial charge in [-0.3, -0.25) is 4.79 Å². The van der Waals surface area contributed by atoms with Gasteiger partial charge in [0.1, 0.15) is 5.82 Å². The summed E-state index contributed by atoms with van der Waals surface area (Å²) >= 11 is 4.43. The molecule has 1 aromatic heterocycles. The first kappa shape index (κ1) is 26.5. The fourth-order valence-electron chi connectivity index (χ4n) is 4.03. The number of carbonyl (C=O) groups is 2. The van der Waals surface area contributed by atoms with Crippen molar-refractivity contribution in [2.45, 2.75) is 64.8 Å². The number of amides is 1. The Kier molecular flexibility index (Phi) is 9.55. The number of nitrogens with zero attached hydrogens (tertiary/aromatic N) is 2. The molecule has 0 saturated heterocycles. The highest BCUT2D eigenvalue weighted by molar-refractivity contribution is 7.81. The number of carboxylic acid groups (broad SMARTS) is 1. The van der Waals surface area contributed by atoms with Gasteiger partial charge >= 0.3 is 5.97 Å². The van der Waals surface area contributed by atoms with E-state index in [1.54, 1.807) is 12.1 Å². The third-order valence-electron chi connectivity index (χ3n) is 5.88. The van der Waals surface area contributed by atoms with Gasteiger partial charge in [-0.25, -0.2) is 9.78 Å².